The van der Waals surface area contributed by atoms with Gasteiger partial charge < -0.3 is 10.1 Å². The van der Waals surface area contributed by atoms with Gasteiger partial charge in [0.25, 0.3) is 0 Å². The van der Waals surface area contributed by atoms with Crippen LogP contribution < -0.4 is 5.32 Å². The van der Waals surface area contributed by atoms with Crippen molar-refractivity contribution in [2.75, 3.05) is 13.2 Å². The van der Waals surface area contributed by atoms with Crippen LogP contribution in [-0.2, 0) is 4.74 Å². The Morgan fingerprint density at radius 2 is 1.84 bits per heavy atom. The van der Waals surface area contributed by atoms with E-state index in [1.165, 1.54) is 16.7 Å². The second kappa shape index (κ2) is 7.06. The molecule has 1 atom stereocenters. The standard InChI is InChI=1S/C17H29NO/c1-7-10-18-16(12-19-17(4,5)6)15-9-8-13(2)14(3)11-15/h8-9,11,16,18H,7,10,12H2,1-6H3. The zero-order valence-electron chi connectivity index (χ0n) is 13.3. The van der Waals surface area contributed by atoms with E-state index >= 15 is 0 Å². The van der Waals surface area contributed by atoms with E-state index < -0.39 is 0 Å². The van der Waals surface area contributed by atoms with Gasteiger partial charge in [0.2, 0.25) is 0 Å². The van der Waals surface area contributed by atoms with Gasteiger partial charge in [0.15, 0.2) is 0 Å². The van der Waals surface area contributed by atoms with Crippen LogP contribution >= 0.6 is 0 Å². The number of ether oxygens (including phenoxy) is 1. The first-order valence-corrected chi connectivity index (χ1v) is 7.28. The molecule has 0 spiro atoms. The summed E-state index contributed by atoms with van der Waals surface area (Å²) in [5.74, 6) is 0. The quantitative estimate of drug-likeness (QED) is 0.832. The topological polar surface area (TPSA) is 21.3 Å². The summed E-state index contributed by atoms with van der Waals surface area (Å²) in [5, 5.41) is 3.58. The van der Waals surface area contributed by atoms with Crippen LogP contribution in [0, 0.1) is 13.8 Å². The fourth-order valence-corrected chi connectivity index (χ4v) is 1.91. The van der Waals surface area contributed by atoms with Crippen LogP contribution in [0.3, 0.4) is 0 Å². The van der Waals surface area contributed by atoms with E-state index in [9.17, 15) is 0 Å². The Hall–Kier alpha value is -0.860. The second-order valence-electron chi connectivity index (χ2n) is 6.27. The summed E-state index contributed by atoms with van der Waals surface area (Å²) in [6.45, 7) is 14.5. The monoisotopic (exact) mass is 263 g/mol. The summed E-state index contributed by atoms with van der Waals surface area (Å²) in [7, 11) is 0. The Morgan fingerprint density at radius 1 is 1.16 bits per heavy atom. The Balaban J connectivity index is 2.79. The molecule has 1 N–H and O–H groups in total. The number of rotatable bonds is 6. The minimum absolute atomic E-state index is 0.0914. The summed E-state index contributed by atoms with van der Waals surface area (Å²) in [6.07, 6.45) is 1.14. The van der Waals surface area contributed by atoms with Gasteiger partial charge in [-0.3, -0.25) is 0 Å². The van der Waals surface area contributed by atoms with Crippen LogP contribution in [0.4, 0.5) is 0 Å². The molecule has 1 aromatic carbocycles. The van der Waals surface area contributed by atoms with Gasteiger partial charge in [-0.25, -0.2) is 0 Å². The number of hydrogen-bond donors (Lipinski definition) is 1. The van der Waals surface area contributed by atoms with Crippen molar-refractivity contribution in [2.45, 2.75) is 59.6 Å². The largest absolute Gasteiger partial charge is 0.374 e. The highest BCUT2D eigenvalue weighted by molar-refractivity contribution is 5.31. The van der Waals surface area contributed by atoms with Crippen molar-refractivity contribution < 1.29 is 4.74 Å². The Morgan fingerprint density at radius 3 is 2.37 bits per heavy atom. The predicted molar refractivity (Wildman–Crippen MR) is 82.7 cm³/mol. The van der Waals surface area contributed by atoms with Gasteiger partial charge in [-0.1, -0.05) is 25.1 Å². The molecule has 0 saturated carbocycles. The molecule has 0 aliphatic heterocycles. The van der Waals surface area contributed by atoms with Gasteiger partial charge in [0.05, 0.1) is 18.2 Å². The molecular weight excluding hydrogens is 234 g/mol. The Kier molecular flexibility index (Phi) is 6.02. The van der Waals surface area contributed by atoms with Gasteiger partial charge in [0.1, 0.15) is 0 Å². The molecular formula is C17H29NO. The van der Waals surface area contributed by atoms with Gasteiger partial charge in [0, 0.05) is 0 Å². The lowest BCUT2D eigenvalue weighted by molar-refractivity contribution is -0.0147. The van der Waals surface area contributed by atoms with Gasteiger partial charge in [-0.2, -0.15) is 0 Å². The summed E-state index contributed by atoms with van der Waals surface area (Å²) in [4.78, 5) is 0. The van der Waals surface area contributed by atoms with Crippen LogP contribution in [0.5, 0.6) is 0 Å². The van der Waals surface area contributed by atoms with E-state index in [0.29, 0.717) is 6.61 Å². The van der Waals surface area contributed by atoms with E-state index in [4.69, 9.17) is 4.74 Å². The lowest BCUT2D eigenvalue weighted by Crippen LogP contribution is -2.30. The highest BCUT2D eigenvalue weighted by Gasteiger charge is 2.16. The predicted octanol–water partition coefficient (Wildman–Crippen LogP) is 4.16. The first-order valence-electron chi connectivity index (χ1n) is 7.28. The number of benzene rings is 1. The van der Waals surface area contributed by atoms with Crippen molar-refractivity contribution in [1.82, 2.24) is 5.32 Å². The van der Waals surface area contributed by atoms with E-state index in [1.807, 2.05) is 0 Å². The SMILES string of the molecule is CCCNC(COC(C)(C)C)c1ccc(C)c(C)c1. The normalized spacial score (nSPS) is 13.6. The Labute approximate surface area is 118 Å². The van der Waals surface area contributed by atoms with E-state index in [-0.39, 0.29) is 11.6 Å². The zero-order valence-corrected chi connectivity index (χ0v) is 13.3. The van der Waals surface area contributed by atoms with Crippen LogP contribution in [-0.4, -0.2) is 18.8 Å². The molecule has 1 aromatic rings. The third kappa shape index (κ3) is 5.75. The molecule has 2 heteroatoms. The Bertz CT molecular complexity index is 393. The van der Waals surface area contributed by atoms with Crippen LogP contribution in [0.25, 0.3) is 0 Å². The molecule has 0 aromatic heterocycles. The first-order chi connectivity index (χ1) is 8.83. The number of nitrogens with one attached hydrogen (secondary N) is 1. The maximum atomic E-state index is 5.95. The highest BCUT2D eigenvalue weighted by atomic mass is 16.5. The first kappa shape index (κ1) is 16.2. The lowest BCUT2D eigenvalue weighted by Gasteiger charge is -2.26. The average Bonchev–Trinajstić information content (AvgIpc) is 2.32. The van der Waals surface area contributed by atoms with Crippen molar-refractivity contribution in [3.63, 3.8) is 0 Å². The summed E-state index contributed by atoms with van der Waals surface area (Å²) >= 11 is 0. The van der Waals surface area contributed by atoms with E-state index in [0.717, 1.165) is 13.0 Å². The molecule has 0 bridgehead atoms. The maximum absolute atomic E-state index is 5.95. The molecule has 0 radical (unpaired) electrons. The van der Waals surface area contributed by atoms with E-state index in [2.05, 4.69) is 65.1 Å². The summed E-state index contributed by atoms with van der Waals surface area (Å²) in [6, 6.07) is 6.96. The third-order valence-corrected chi connectivity index (χ3v) is 3.26. The minimum Gasteiger partial charge on any atom is -0.374 e. The molecule has 19 heavy (non-hydrogen) atoms. The lowest BCUT2D eigenvalue weighted by atomic mass is 10.0. The maximum Gasteiger partial charge on any atom is 0.0668 e. The molecule has 0 saturated heterocycles. The average molecular weight is 263 g/mol. The zero-order chi connectivity index (χ0) is 14.5. The highest BCUT2D eigenvalue weighted by Crippen LogP contribution is 2.20. The van der Waals surface area contributed by atoms with Crippen molar-refractivity contribution in [1.29, 1.82) is 0 Å². The number of aryl methyl sites for hydroxylation is 2. The second-order valence-corrected chi connectivity index (χ2v) is 6.27. The summed E-state index contributed by atoms with van der Waals surface area (Å²) < 4.78 is 5.95. The smallest absolute Gasteiger partial charge is 0.0668 e. The summed E-state index contributed by atoms with van der Waals surface area (Å²) in [5.41, 5.74) is 3.92. The minimum atomic E-state index is -0.0914. The fourth-order valence-electron chi connectivity index (χ4n) is 1.91. The van der Waals surface area contributed by atoms with E-state index in [1.54, 1.807) is 0 Å². The van der Waals surface area contributed by atoms with Gasteiger partial charge in [-0.15, -0.1) is 0 Å². The molecule has 0 aliphatic carbocycles. The van der Waals surface area contributed by atoms with Gasteiger partial charge >= 0.3 is 0 Å². The third-order valence-electron chi connectivity index (χ3n) is 3.26. The molecule has 1 rings (SSSR count). The molecule has 108 valence electrons. The van der Waals surface area contributed by atoms with Crippen LogP contribution in [0.1, 0.15) is 56.8 Å². The molecule has 2 nitrogen and oxygen atoms in total. The van der Waals surface area contributed by atoms with Crippen molar-refractivity contribution in [3.05, 3.63) is 34.9 Å². The van der Waals surface area contributed by atoms with Crippen LogP contribution in [0.2, 0.25) is 0 Å². The molecule has 0 heterocycles. The van der Waals surface area contributed by atoms with Gasteiger partial charge in [-0.05, 0) is 64.3 Å². The van der Waals surface area contributed by atoms with Crippen LogP contribution in [0.15, 0.2) is 18.2 Å². The molecule has 0 fully saturated rings. The molecule has 1 unspecified atom stereocenters. The van der Waals surface area contributed by atoms with Crippen molar-refractivity contribution in [3.8, 4) is 0 Å². The van der Waals surface area contributed by atoms with Crippen molar-refractivity contribution in [2.24, 2.45) is 0 Å². The fraction of sp³-hybridized carbons (Fsp3) is 0.647. The molecule has 0 aliphatic rings. The number of hydrogen-bond acceptors (Lipinski definition) is 2. The molecule has 0 amide bonds. The van der Waals surface area contributed by atoms with Crippen molar-refractivity contribution >= 4 is 0 Å².